The smallest absolute Gasteiger partial charge is 0.337 e. The molecule has 1 amide bonds. The van der Waals surface area contributed by atoms with E-state index in [1.807, 2.05) is 0 Å². The fourth-order valence-electron chi connectivity index (χ4n) is 1.75. The summed E-state index contributed by atoms with van der Waals surface area (Å²) in [5.41, 5.74) is -0.0190. The Labute approximate surface area is 122 Å². The largest absolute Gasteiger partial charge is 0.478 e. The number of carboxylic acids is 1. The number of carboxylic acid groups (broad SMARTS) is 1. The van der Waals surface area contributed by atoms with Crippen molar-refractivity contribution in [1.29, 1.82) is 0 Å². The standard InChI is InChI=1S/C12H17N3O5S/c1-3-14-11(16)7-15(2)10-5-4-8(21(13,19)20)6-9(10)12(17)18/h4-6H,3,7H2,1-2H3,(H,14,16)(H,17,18)(H2,13,19,20). The minimum absolute atomic E-state index is 0.0527. The molecule has 0 atom stereocenters. The Hall–Kier alpha value is -2.13. The third-order valence-corrected chi connectivity index (χ3v) is 3.60. The molecule has 1 aromatic carbocycles. The number of nitrogens with zero attached hydrogens (tertiary/aromatic N) is 1. The molecule has 0 heterocycles. The Balaban J connectivity index is 3.18. The van der Waals surface area contributed by atoms with E-state index < -0.39 is 16.0 Å². The molecule has 9 heteroatoms. The van der Waals surface area contributed by atoms with Gasteiger partial charge in [-0.05, 0) is 25.1 Å². The van der Waals surface area contributed by atoms with Gasteiger partial charge in [-0.15, -0.1) is 0 Å². The van der Waals surface area contributed by atoms with Gasteiger partial charge in [0.2, 0.25) is 15.9 Å². The number of hydrogen-bond acceptors (Lipinski definition) is 5. The maximum atomic E-state index is 11.5. The summed E-state index contributed by atoms with van der Waals surface area (Å²) in [4.78, 5) is 23.9. The van der Waals surface area contributed by atoms with Gasteiger partial charge in [0.05, 0.1) is 22.7 Å². The maximum absolute atomic E-state index is 11.5. The summed E-state index contributed by atoms with van der Waals surface area (Å²) in [6.45, 7) is 2.17. The molecule has 4 N–H and O–H groups in total. The number of sulfonamides is 1. The van der Waals surface area contributed by atoms with Crippen molar-refractivity contribution in [2.45, 2.75) is 11.8 Å². The van der Waals surface area contributed by atoms with E-state index in [0.29, 0.717) is 6.54 Å². The zero-order valence-electron chi connectivity index (χ0n) is 11.7. The topological polar surface area (TPSA) is 130 Å². The second kappa shape index (κ2) is 6.55. The Morgan fingerprint density at radius 2 is 2.00 bits per heavy atom. The number of aromatic carboxylic acids is 1. The van der Waals surface area contributed by atoms with Crippen LogP contribution in [0.3, 0.4) is 0 Å². The van der Waals surface area contributed by atoms with Gasteiger partial charge in [0.1, 0.15) is 0 Å². The van der Waals surface area contributed by atoms with Crippen molar-refractivity contribution in [2.24, 2.45) is 5.14 Å². The summed E-state index contributed by atoms with van der Waals surface area (Å²) in [5.74, 6) is -1.58. The lowest BCUT2D eigenvalue weighted by Crippen LogP contribution is -2.35. The Morgan fingerprint density at radius 3 is 2.48 bits per heavy atom. The van der Waals surface area contributed by atoms with Crippen molar-refractivity contribution in [3.63, 3.8) is 0 Å². The molecule has 0 aromatic heterocycles. The minimum Gasteiger partial charge on any atom is -0.478 e. The molecule has 0 aliphatic carbocycles. The first-order valence-corrected chi connectivity index (χ1v) is 7.59. The zero-order valence-corrected chi connectivity index (χ0v) is 12.5. The van der Waals surface area contributed by atoms with Crippen molar-refractivity contribution in [1.82, 2.24) is 5.32 Å². The lowest BCUT2D eigenvalue weighted by Gasteiger charge is -2.21. The second-order valence-corrected chi connectivity index (χ2v) is 5.90. The second-order valence-electron chi connectivity index (χ2n) is 4.34. The summed E-state index contributed by atoms with van der Waals surface area (Å²) < 4.78 is 22.5. The lowest BCUT2D eigenvalue weighted by molar-refractivity contribution is -0.119. The Bertz CT molecular complexity index is 657. The van der Waals surface area contributed by atoms with E-state index in [2.05, 4.69) is 5.32 Å². The van der Waals surface area contributed by atoms with E-state index in [0.717, 1.165) is 6.07 Å². The van der Waals surface area contributed by atoms with Crippen LogP contribution in [0.1, 0.15) is 17.3 Å². The number of likely N-dealkylation sites (N-methyl/N-ethyl adjacent to an activating group) is 2. The van der Waals surface area contributed by atoms with Gasteiger partial charge >= 0.3 is 5.97 Å². The lowest BCUT2D eigenvalue weighted by atomic mass is 10.1. The van der Waals surface area contributed by atoms with Crippen LogP contribution < -0.4 is 15.4 Å². The quantitative estimate of drug-likeness (QED) is 0.655. The van der Waals surface area contributed by atoms with Gasteiger partial charge in [0, 0.05) is 13.6 Å². The molecule has 0 aliphatic heterocycles. The normalized spacial score (nSPS) is 11.0. The molecule has 0 spiro atoms. The molecule has 0 bridgehead atoms. The average Bonchev–Trinajstić information content (AvgIpc) is 2.36. The fraction of sp³-hybridized carbons (Fsp3) is 0.333. The summed E-state index contributed by atoms with van der Waals surface area (Å²) in [6.07, 6.45) is 0. The Morgan fingerprint density at radius 1 is 1.38 bits per heavy atom. The van der Waals surface area contributed by atoms with E-state index in [1.54, 1.807) is 6.92 Å². The predicted molar refractivity (Wildman–Crippen MR) is 76.7 cm³/mol. The van der Waals surface area contributed by atoms with Crippen LogP contribution in [0.5, 0.6) is 0 Å². The highest BCUT2D eigenvalue weighted by molar-refractivity contribution is 7.89. The van der Waals surface area contributed by atoms with Crippen LogP contribution in [0, 0.1) is 0 Å². The third kappa shape index (κ3) is 4.43. The summed E-state index contributed by atoms with van der Waals surface area (Å²) in [7, 11) is -2.46. The van der Waals surface area contributed by atoms with Gasteiger partial charge in [0.15, 0.2) is 0 Å². The fourth-order valence-corrected chi connectivity index (χ4v) is 2.29. The van der Waals surface area contributed by atoms with E-state index >= 15 is 0 Å². The molecule has 1 aromatic rings. The highest BCUT2D eigenvalue weighted by Crippen LogP contribution is 2.23. The number of primary sulfonamides is 1. The van der Waals surface area contributed by atoms with Crippen LogP contribution in [0.4, 0.5) is 5.69 Å². The summed E-state index contributed by atoms with van der Waals surface area (Å²) >= 11 is 0. The van der Waals surface area contributed by atoms with Gasteiger partial charge in [-0.2, -0.15) is 0 Å². The highest BCUT2D eigenvalue weighted by Gasteiger charge is 2.19. The van der Waals surface area contributed by atoms with Gasteiger partial charge in [-0.25, -0.2) is 18.4 Å². The van der Waals surface area contributed by atoms with Crippen LogP contribution >= 0.6 is 0 Å². The van der Waals surface area contributed by atoms with Crippen molar-refractivity contribution in [3.8, 4) is 0 Å². The molecular formula is C12H17N3O5S. The molecule has 0 radical (unpaired) electrons. The van der Waals surface area contributed by atoms with E-state index in [-0.39, 0.29) is 28.6 Å². The van der Waals surface area contributed by atoms with Crippen molar-refractivity contribution in [2.75, 3.05) is 25.0 Å². The summed E-state index contributed by atoms with van der Waals surface area (Å²) in [5, 5.41) is 16.7. The van der Waals surface area contributed by atoms with E-state index in [1.165, 1.54) is 24.1 Å². The van der Waals surface area contributed by atoms with Gasteiger partial charge in [0.25, 0.3) is 0 Å². The first-order chi connectivity index (χ1) is 9.66. The predicted octanol–water partition coefficient (Wildman–Crippen LogP) is -0.395. The Kier molecular flexibility index (Phi) is 5.28. The number of nitrogens with two attached hydrogens (primary N) is 1. The van der Waals surface area contributed by atoms with Gasteiger partial charge < -0.3 is 15.3 Å². The number of hydrogen-bond donors (Lipinski definition) is 3. The number of carbonyl (C=O) groups is 2. The average molecular weight is 315 g/mol. The first-order valence-electron chi connectivity index (χ1n) is 6.04. The molecule has 8 nitrogen and oxygen atoms in total. The van der Waals surface area contributed by atoms with E-state index in [4.69, 9.17) is 5.14 Å². The molecule has 0 saturated carbocycles. The molecule has 116 valence electrons. The number of carbonyl (C=O) groups excluding carboxylic acids is 1. The first kappa shape index (κ1) is 16.9. The highest BCUT2D eigenvalue weighted by atomic mass is 32.2. The summed E-state index contributed by atoms with van der Waals surface area (Å²) in [6, 6.07) is 3.48. The van der Waals surface area contributed by atoms with Crippen molar-refractivity contribution in [3.05, 3.63) is 23.8 Å². The molecule has 0 fully saturated rings. The number of rotatable bonds is 6. The zero-order chi connectivity index (χ0) is 16.2. The maximum Gasteiger partial charge on any atom is 0.337 e. The molecular weight excluding hydrogens is 298 g/mol. The third-order valence-electron chi connectivity index (χ3n) is 2.69. The van der Waals surface area contributed by atoms with Crippen LogP contribution in [0.15, 0.2) is 23.1 Å². The van der Waals surface area contributed by atoms with Crippen LogP contribution in [0.2, 0.25) is 0 Å². The molecule has 21 heavy (non-hydrogen) atoms. The van der Waals surface area contributed by atoms with Crippen LogP contribution in [-0.4, -0.2) is 45.5 Å². The van der Waals surface area contributed by atoms with Crippen LogP contribution in [0.25, 0.3) is 0 Å². The molecule has 1 rings (SSSR count). The monoisotopic (exact) mass is 315 g/mol. The number of nitrogens with one attached hydrogen (secondary N) is 1. The molecule has 0 aliphatic rings. The minimum atomic E-state index is -3.99. The number of anilines is 1. The van der Waals surface area contributed by atoms with Crippen molar-refractivity contribution < 1.29 is 23.1 Å². The number of benzene rings is 1. The molecule has 0 unspecified atom stereocenters. The van der Waals surface area contributed by atoms with E-state index in [9.17, 15) is 23.1 Å². The molecule has 0 saturated heterocycles. The van der Waals surface area contributed by atoms with Crippen molar-refractivity contribution >= 4 is 27.6 Å². The SMILES string of the molecule is CCNC(=O)CN(C)c1ccc(S(N)(=O)=O)cc1C(=O)O. The number of amides is 1. The van der Waals surface area contributed by atoms with Crippen LogP contribution in [-0.2, 0) is 14.8 Å². The van der Waals surface area contributed by atoms with Gasteiger partial charge in [-0.1, -0.05) is 0 Å². The van der Waals surface area contributed by atoms with Gasteiger partial charge in [-0.3, -0.25) is 4.79 Å².